The van der Waals surface area contributed by atoms with E-state index in [4.69, 9.17) is 16.3 Å². The van der Waals surface area contributed by atoms with Crippen LogP contribution >= 0.6 is 11.6 Å². The minimum atomic E-state index is -2.05. The highest BCUT2D eigenvalue weighted by atomic mass is 35.5. The molecule has 1 fully saturated rings. The Morgan fingerprint density at radius 3 is 2.49 bits per heavy atom. The molecule has 5 atom stereocenters. The fraction of sp³-hybridized carbons (Fsp3) is 0.457. The summed E-state index contributed by atoms with van der Waals surface area (Å²) in [4.78, 5) is 41.7. The zero-order valence-electron chi connectivity index (χ0n) is 28.1. The fourth-order valence-corrected chi connectivity index (χ4v) is 6.80. The molecule has 1 aromatic heterocycles. The van der Waals surface area contributed by atoms with Gasteiger partial charge in [0, 0.05) is 71.4 Å². The number of anilines is 1. The average Bonchev–Trinajstić information content (AvgIpc) is 3.06. The molecule has 11 nitrogen and oxygen atoms in total. The molecule has 0 spiro atoms. The van der Waals surface area contributed by atoms with Crippen LogP contribution in [0.2, 0.25) is 5.02 Å². The van der Waals surface area contributed by atoms with Gasteiger partial charge in [0.1, 0.15) is 11.9 Å². The van der Waals surface area contributed by atoms with E-state index in [9.17, 15) is 23.1 Å². The lowest BCUT2D eigenvalue weighted by Crippen LogP contribution is -2.55. The molecule has 49 heavy (non-hydrogen) atoms. The van der Waals surface area contributed by atoms with Crippen molar-refractivity contribution < 1.29 is 27.5 Å². The van der Waals surface area contributed by atoms with E-state index < -0.39 is 40.9 Å². The van der Waals surface area contributed by atoms with Crippen molar-refractivity contribution in [2.75, 3.05) is 38.3 Å². The minimum Gasteiger partial charge on any atom is -0.772 e. The molecular formula is C35H44ClFN5O6S-. The van der Waals surface area contributed by atoms with Crippen LogP contribution in [0.5, 0.6) is 0 Å². The van der Waals surface area contributed by atoms with Crippen molar-refractivity contribution in [2.45, 2.75) is 69.6 Å². The molecular weight excluding hydrogens is 673 g/mol. The lowest BCUT2D eigenvalue weighted by molar-refractivity contribution is -0.118. The van der Waals surface area contributed by atoms with Crippen molar-refractivity contribution in [2.24, 2.45) is 0 Å². The van der Waals surface area contributed by atoms with Crippen LogP contribution in [0.15, 0.2) is 65.6 Å². The third kappa shape index (κ3) is 10.4. The monoisotopic (exact) mass is 716 g/mol. The van der Waals surface area contributed by atoms with Crippen LogP contribution in [0.1, 0.15) is 61.8 Å². The first-order valence-electron chi connectivity index (χ1n) is 16.3. The van der Waals surface area contributed by atoms with Gasteiger partial charge in [-0.1, -0.05) is 46.9 Å². The number of alkyl carbamates (subject to hydrolysis) is 1. The van der Waals surface area contributed by atoms with Crippen molar-refractivity contribution in [1.82, 2.24) is 20.1 Å². The SMILES string of the molecule is COC(=O)NC(C(=O)Nc1cccc(F)c1CCC1CN(C)C(CCCS(=O)[O-])CN1)C(c1ccc(Cl)cc1)c1ccc(=O)n(C(C)C)c1. The lowest BCUT2D eigenvalue weighted by atomic mass is 9.85. The zero-order chi connectivity index (χ0) is 35.7. The molecule has 1 aliphatic heterocycles. The number of nitrogens with one attached hydrogen (secondary N) is 3. The van der Waals surface area contributed by atoms with Gasteiger partial charge in [-0.3, -0.25) is 13.8 Å². The molecule has 4 rings (SSSR count). The summed E-state index contributed by atoms with van der Waals surface area (Å²) in [5.41, 5.74) is 1.61. The fourth-order valence-electron chi connectivity index (χ4n) is 6.27. The van der Waals surface area contributed by atoms with Crippen LogP contribution in [-0.4, -0.2) is 81.4 Å². The Bertz CT molecular complexity index is 1670. The van der Waals surface area contributed by atoms with Gasteiger partial charge in [-0.2, -0.15) is 0 Å². The first-order chi connectivity index (χ1) is 23.4. The van der Waals surface area contributed by atoms with Crippen LogP contribution in [0, 0.1) is 5.82 Å². The smallest absolute Gasteiger partial charge is 0.407 e. The molecule has 14 heteroatoms. The van der Waals surface area contributed by atoms with Crippen LogP contribution < -0.4 is 21.5 Å². The van der Waals surface area contributed by atoms with Crippen LogP contribution in [-0.2, 0) is 27.0 Å². The van der Waals surface area contributed by atoms with Gasteiger partial charge in [0.05, 0.1) is 7.11 Å². The highest BCUT2D eigenvalue weighted by Crippen LogP contribution is 2.31. The van der Waals surface area contributed by atoms with E-state index in [1.165, 1.54) is 25.3 Å². The number of carbonyl (C=O) groups excluding carboxylic acids is 2. The number of hydrogen-bond donors (Lipinski definition) is 3. The summed E-state index contributed by atoms with van der Waals surface area (Å²) in [7, 11) is 3.19. The average molecular weight is 717 g/mol. The van der Waals surface area contributed by atoms with Crippen LogP contribution in [0.3, 0.4) is 0 Å². The number of halogens is 2. The molecule has 2 heterocycles. The number of nitrogens with zero attached hydrogens (tertiary/aromatic N) is 2. The number of methoxy groups -OCH3 is 1. The maximum atomic E-state index is 15.4. The third-order valence-corrected chi connectivity index (χ3v) is 9.80. The Kier molecular flexibility index (Phi) is 13.9. The number of piperazine rings is 1. The first kappa shape index (κ1) is 38.2. The van der Waals surface area contributed by atoms with E-state index in [1.807, 2.05) is 20.9 Å². The molecule has 0 radical (unpaired) electrons. The molecule has 5 unspecified atom stereocenters. The molecule has 0 saturated carbocycles. The Morgan fingerprint density at radius 1 is 1.12 bits per heavy atom. The van der Waals surface area contributed by atoms with Gasteiger partial charge in [0.15, 0.2) is 0 Å². The summed E-state index contributed by atoms with van der Waals surface area (Å²) >= 11 is 4.14. The molecule has 0 aliphatic carbocycles. The molecule has 3 aromatic rings. The first-order valence-corrected chi connectivity index (χ1v) is 17.9. The molecule has 1 saturated heterocycles. The molecule has 1 aliphatic rings. The highest BCUT2D eigenvalue weighted by molar-refractivity contribution is 7.79. The Labute approximate surface area is 293 Å². The Hall–Kier alpha value is -3.62. The zero-order valence-corrected chi connectivity index (χ0v) is 29.7. The van der Waals surface area contributed by atoms with E-state index in [1.54, 1.807) is 47.2 Å². The summed E-state index contributed by atoms with van der Waals surface area (Å²) in [6, 6.07) is 13.2. The second-order valence-electron chi connectivity index (χ2n) is 12.6. The number of benzene rings is 2. The largest absolute Gasteiger partial charge is 0.772 e. The van der Waals surface area contributed by atoms with Crippen molar-refractivity contribution in [3.8, 4) is 0 Å². The number of carbonyl (C=O) groups is 2. The number of likely N-dealkylation sites (N-methyl/N-ethyl adjacent to an activating group) is 1. The molecule has 0 bridgehead atoms. The van der Waals surface area contributed by atoms with Crippen molar-refractivity contribution in [3.63, 3.8) is 0 Å². The topological polar surface area (TPSA) is 145 Å². The van der Waals surface area contributed by atoms with Gasteiger partial charge in [-0.15, -0.1) is 0 Å². The normalized spacial score (nSPS) is 18.4. The Balaban J connectivity index is 1.60. The number of amides is 2. The quantitative estimate of drug-likeness (QED) is 0.206. The number of hydrogen-bond acceptors (Lipinski definition) is 8. The second-order valence-corrected chi connectivity index (χ2v) is 14.0. The second kappa shape index (κ2) is 17.9. The van der Waals surface area contributed by atoms with E-state index in [0.29, 0.717) is 54.1 Å². The van der Waals surface area contributed by atoms with Gasteiger partial charge in [-0.25, -0.2) is 9.18 Å². The standard InChI is InChI=1S/C35H45ClFN5O6S/c1-22(2)42-20-24(12-17-31(42)43)32(23-10-13-25(36)14-11-23)33(40-35(45)48-4)34(44)39-30-9-5-8-29(37)28(30)16-15-26-21-41(3)27(19-38-26)7-6-18-49(46)47/h5,8-14,17,20,22,26-27,32-33,38H,6-7,15-16,18-19,21H2,1-4H3,(H,39,44)(H,40,45)(H,46,47)/p-1. The maximum absolute atomic E-state index is 15.4. The molecule has 266 valence electrons. The highest BCUT2D eigenvalue weighted by Gasteiger charge is 2.34. The van der Waals surface area contributed by atoms with E-state index >= 15 is 4.39 Å². The third-order valence-electron chi connectivity index (χ3n) is 8.92. The van der Waals surface area contributed by atoms with Gasteiger partial charge < -0.3 is 34.7 Å². The predicted molar refractivity (Wildman–Crippen MR) is 188 cm³/mol. The van der Waals surface area contributed by atoms with E-state index in [0.717, 1.165) is 6.42 Å². The summed E-state index contributed by atoms with van der Waals surface area (Å²) in [5.74, 6) is -1.74. The maximum Gasteiger partial charge on any atom is 0.407 e. The number of aromatic nitrogens is 1. The molecule has 3 N–H and O–H groups in total. The number of ether oxygens (including phenoxy) is 1. The van der Waals surface area contributed by atoms with Crippen molar-refractivity contribution >= 4 is 40.4 Å². The number of pyridine rings is 1. The van der Waals surface area contributed by atoms with Crippen LogP contribution in [0.4, 0.5) is 14.9 Å². The Morgan fingerprint density at radius 2 is 1.84 bits per heavy atom. The van der Waals surface area contributed by atoms with E-state index in [2.05, 4.69) is 20.9 Å². The van der Waals surface area contributed by atoms with Gasteiger partial charge in [0.2, 0.25) is 5.91 Å². The minimum absolute atomic E-state index is 0.0534. The summed E-state index contributed by atoms with van der Waals surface area (Å²) in [6.07, 6.45) is 3.07. The van der Waals surface area contributed by atoms with Gasteiger partial charge >= 0.3 is 6.09 Å². The summed E-state index contributed by atoms with van der Waals surface area (Å²) in [5, 5.41) is 9.53. The number of rotatable bonds is 14. The van der Waals surface area contributed by atoms with Crippen LogP contribution in [0.25, 0.3) is 0 Å². The van der Waals surface area contributed by atoms with Crippen molar-refractivity contribution in [3.05, 3.63) is 98.7 Å². The predicted octanol–water partition coefficient (Wildman–Crippen LogP) is 4.58. The lowest BCUT2D eigenvalue weighted by Gasteiger charge is -2.38. The summed E-state index contributed by atoms with van der Waals surface area (Å²) < 4.78 is 43.6. The van der Waals surface area contributed by atoms with Crippen molar-refractivity contribution in [1.29, 1.82) is 0 Å². The van der Waals surface area contributed by atoms with Gasteiger partial charge in [0.25, 0.3) is 5.56 Å². The summed E-state index contributed by atoms with van der Waals surface area (Å²) in [6.45, 7) is 5.12. The van der Waals surface area contributed by atoms with E-state index in [-0.39, 0.29) is 35.1 Å². The molecule has 2 amide bonds. The van der Waals surface area contributed by atoms with Gasteiger partial charge in [-0.05, 0) is 82.0 Å². The molecule has 2 aromatic carbocycles.